The first-order valence-electron chi connectivity index (χ1n) is 8.33. The van der Waals surface area contributed by atoms with Crippen molar-refractivity contribution in [2.75, 3.05) is 18.0 Å². The number of halogens is 1. The zero-order valence-electron chi connectivity index (χ0n) is 14.3. The van der Waals surface area contributed by atoms with Crippen molar-refractivity contribution < 1.29 is 9.59 Å². The first kappa shape index (κ1) is 19.6. The van der Waals surface area contributed by atoms with Crippen molar-refractivity contribution >= 4 is 40.9 Å². The molecule has 1 aliphatic heterocycles. The van der Waals surface area contributed by atoms with Gasteiger partial charge in [-0.1, -0.05) is 49.4 Å². The molecular formula is C19H23ClN2O2S. The molecule has 1 fully saturated rings. The van der Waals surface area contributed by atoms with Crippen molar-refractivity contribution in [3.63, 3.8) is 0 Å². The molecule has 0 aromatic heterocycles. The minimum absolute atomic E-state index is 0.299. The van der Waals surface area contributed by atoms with E-state index in [0.29, 0.717) is 25.9 Å². The molecule has 0 radical (unpaired) electrons. The Hall–Kier alpha value is -1.72. The Morgan fingerprint density at radius 1 is 1.44 bits per heavy atom. The van der Waals surface area contributed by atoms with Gasteiger partial charge in [0.1, 0.15) is 0 Å². The molecule has 1 heterocycles. The Morgan fingerprint density at radius 2 is 2.16 bits per heavy atom. The molecule has 0 bridgehead atoms. The monoisotopic (exact) mass is 378 g/mol. The highest BCUT2D eigenvalue weighted by molar-refractivity contribution is 8.05. The number of alkyl halides is 1. The number of nitrogens with one attached hydrogen (secondary N) is 1. The topological polar surface area (TPSA) is 49.4 Å². The molecule has 25 heavy (non-hydrogen) atoms. The lowest BCUT2D eigenvalue weighted by Crippen LogP contribution is -2.48. The number of anilines is 1. The molecule has 1 unspecified atom stereocenters. The number of allylic oxidation sites excluding steroid dienone is 1. The molecule has 1 atom stereocenters. The molecule has 1 aromatic carbocycles. The quantitative estimate of drug-likeness (QED) is 0.547. The van der Waals surface area contributed by atoms with E-state index in [0.717, 1.165) is 17.0 Å². The summed E-state index contributed by atoms with van der Waals surface area (Å²) in [6.07, 6.45) is 4.02. The predicted molar refractivity (Wildman–Crippen MR) is 106 cm³/mol. The van der Waals surface area contributed by atoms with Crippen molar-refractivity contribution in [3.8, 4) is 0 Å². The van der Waals surface area contributed by atoms with Crippen molar-refractivity contribution in [1.29, 1.82) is 0 Å². The van der Waals surface area contributed by atoms with Gasteiger partial charge in [0.15, 0.2) is 0 Å². The van der Waals surface area contributed by atoms with Crippen LogP contribution in [0.2, 0.25) is 0 Å². The Morgan fingerprint density at radius 3 is 2.80 bits per heavy atom. The summed E-state index contributed by atoms with van der Waals surface area (Å²) in [5, 5.41) is 4.58. The van der Waals surface area contributed by atoms with Gasteiger partial charge in [-0.15, -0.1) is 11.8 Å². The lowest BCUT2D eigenvalue weighted by molar-refractivity contribution is -0.130. The summed E-state index contributed by atoms with van der Waals surface area (Å²) in [5.41, 5.74) is 0.762. The number of hydrogen-bond donors (Lipinski definition) is 1. The van der Waals surface area contributed by atoms with Crippen molar-refractivity contribution in [2.24, 2.45) is 0 Å². The molecule has 0 spiro atoms. The number of nitrogens with zero attached hydrogens (tertiary/aromatic N) is 1. The van der Waals surface area contributed by atoms with Crippen LogP contribution in [-0.2, 0) is 9.59 Å². The molecule has 2 amide bonds. The van der Waals surface area contributed by atoms with Crippen LogP contribution < -0.4 is 10.2 Å². The van der Waals surface area contributed by atoms with Gasteiger partial charge >= 0.3 is 0 Å². The number of amides is 2. The molecule has 6 heteroatoms. The number of carbonyl (C=O) groups is 2. The number of thioether (sulfide) groups is 1. The van der Waals surface area contributed by atoms with Gasteiger partial charge in [0.2, 0.25) is 4.87 Å². The predicted octanol–water partition coefficient (Wildman–Crippen LogP) is 4.08. The van der Waals surface area contributed by atoms with Crippen LogP contribution in [0.1, 0.15) is 26.2 Å². The summed E-state index contributed by atoms with van der Waals surface area (Å²) in [7, 11) is 0. The van der Waals surface area contributed by atoms with Crippen LogP contribution in [0, 0.1) is 0 Å². The SMILES string of the molecule is C=CSC(=CCC)CCNC(=O)C1(Cl)CCN(c2ccccc2)C1=O. The third-order valence-corrected chi connectivity index (χ3v) is 5.38. The number of carbonyl (C=O) groups excluding carboxylic acids is 2. The fourth-order valence-corrected chi connectivity index (χ4v) is 3.69. The fourth-order valence-electron chi connectivity index (χ4n) is 2.74. The molecule has 0 saturated carbocycles. The smallest absolute Gasteiger partial charge is 0.257 e. The highest BCUT2D eigenvalue weighted by atomic mass is 35.5. The second-order valence-corrected chi connectivity index (χ2v) is 7.45. The molecule has 1 saturated heterocycles. The van der Waals surface area contributed by atoms with Gasteiger partial charge in [-0.2, -0.15) is 0 Å². The molecule has 2 rings (SSSR count). The number of rotatable bonds is 8. The van der Waals surface area contributed by atoms with E-state index in [1.165, 1.54) is 0 Å². The number of hydrogen-bond acceptors (Lipinski definition) is 3. The first-order chi connectivity index (χ1) is 12.0. The van der Waals surface area contributed by atoms with E-state index >= 15 is 0 Å². The molecule has 1 N–H and O–H groups in total. The lowest BCUT2D eigenvalue weighted by Gasteiger charge is -2.21. The van der Waals surface area contributed by atoms with Gasteiger partial charge in [0.25, 0.3) is 11.8 Å². The van der Waals surface area contributed by atoms with E-state index in [1.807, 2.05) is 30.3 Å². The third-order valence-electron chi connectivity index (χ3n) is 4.02. The summed E-state index contributed by atoms with van der Waals surface area (Å²) in [6, 6.07) is 9.28. The van der Waals surface area contributed by atoms with Gasteiger partial charge in [0.05, 0.1) is 0 Å². The van der Waals surface area contributed by atoms with E-state index in [9.17, 15) is 9.59 Å². The van der Waals surface area contributed by atoms with Crippen LogP contribution in [0.4, 0.5) is 5.69 Å². The minimum Gasteiger partial charge on any atom is -0.354 e. The summed E-state index contributed by atoms with van der Waals surface area (Å²) < 4.78 is 0. The Balaban J connectivity index is 1.96. The Bertz CT molecular complexity index is 663. The lowest BCUT2D eigenvalue weighted by atomic mass is 10.1. The van der Waals surface area contributed by atoms with Crippen LogP contribution in [0.3, 0.4) is 0 Å². The van der Waals surface area contributed by atoms with Crippen molar-refractivity contribution in [2.45, 2.75) is 31.1 Å². The molecule has 1 aliphatic rings. The van der Waals surface area contributed by atoms with E-state index < -0.39 is 10.8 Å². The normalized spacial score (nSPS) is 20.6. The summed E-state index contributed by atoms with van der Waals surface area (Å²) in [5.74, 6) is -0.778. The van der Waals surface area contributed by atoms with Gasteiger partial charge in [-0.25, -0.2) is 0 Å². The standard InChI is InChI=1S/C19H23ClN2O2S/c1-3-8-16(25-4-2)11-13-21-17(23)19(20)12-14-22(18(19)24)15-9-6-5-7-10-15/h4-10H,2-3,11-14H2,1H3,(H,21,23). The first-order valence-corrected chi connectivity index (χ1v) is 9.59. The Kier molecular flexibility index (Phi) is 7.14. The molecule has 0 aliphatic carbocycles. The average Bonchev–Trinajstić information content (AvgIpc) is 2.92. The third kappa shape index (κ3) is 4.67. The molecule has 4 nitrogen and oxygen atoms in total. The van der Waals surface area contributed by atoms with Crippen LogP contribution in [-0.4, -0.2) is 29.8 Å². The van der Waals surface area contributed by atoms with Gasteiger partial charge in [-0.3, -0.25) is 9.59 Å². The zero-order chi connectivity index (χ0) is 18.3. The summed E-state index contributed by atoms with van der Waals surface area (Å²) in [6.45, 7) is 6.65. The summed E-state index contributed by atoms with van der Waals surface area (Å²) in [4.78, 5) is 26.4. The van der Waals surface area contributed by atoms with Crippen molar-refractivity contribution in [3.05, 3.63) is 53.3 Å². The second-order valence-electron chi connectivity index (χ2n) is 5.71. The fraction of sp³-hybridized carbons (Fsp3) is 0.368. The van der Waals surface area contributed by atoms with Crippen LogP contribution in [0.15, 0.2) is 53.3 Å². The van der Waals surface area contributed by atoms with E-state index in [2.05, 4.69) is 24.9 Å². The van der Waals surface area contributed by atoms with Crippen LogP contribution in [0.25, 0.3) is 0 Å². The van der Waals surface area contributed by atoms with Crippen LogP contribution >= 0.6 is 23.4 Å². The largest absolute Gasteiger partial charge is 0.354 e. The average molecular weight is 379 g/mol. The highest BCUT2D eigenvalue weighted by Gasteiger charge is 2.51. The summed E-state index contributed by atoms with van der Waals surface area (Å²) >= 11 is 7.96. The second kappa shape index (κ2) is 9.11. The number of para-hydroxylation sites is 1. The van der Waals surface area contributed by atoms with Crippen molar-refractivity contribution in [1.82, 2.24) is 5.32 Å². The van der Waals surface area contributed by atoms with Gasteiger partial charge in [0, 0.05) is 25.2 Å². The molecular weight excluding hydrogens is 356 g/mol. The van der Waals surface area contributed by atoms with Crippen LogP contribution in [0.5, 0.6) is 0 Å². The highest BCUT2D eigenvalue weighted by Crippen LogP contribution is 2.33. The minimum atomic E-state index is -1.52. The molecule has 1 aromatic rings. The maximum atomic E-state index is 12.7. The Labute approximate surface area is 158 Å². The van der Waals surface area contributed by atoms with E-state index in [-0.39, 0.29) is 5.91 Å². The van der Waals surface area contributed by atoms with Gasteiger partial charge in [-0.05, 0) is 35.3 Å². The zero-order valence-corrected chi connectivity index (χ0v) is 15.9. The molecule has 134 valence electrons. The number of benzene rings is 1. The van der Waals surface area contributed by atoms with Gasteiger partial charge < -0.3 is 10.2 Å². The maximum absolute atomic E-state index is 12.7. The van der Waals surface area contributed by atoms with E-state index in [1.54, 1.807) is 22.1 Å². The maximum Gasteiger partial charge on any atom is 0.257 e. The van der Waals surface area contributed by atoms with E-state index in [4.69, 9.17) is 11.6 Å².